The third-order valence-corrected chi connectivity index (χ3v) is 4.13. The molecule has 4 nitrogen and oxygen atoms in total. The number of benzene rings is 1. The summed E-state index contributed by atoms with van der Waals surface area (Å²) in [5.74, 6) is -0.252. The number of morpholine rings is 1. The van der Waals surface area contributed by atoms with E-state index in [4.69, 9.17) is 27.9 Å². The van der Waals surface area contributed by atoms with E-state index in [2.05, 4.69) is 9.64 Å². The first-order valence-electron chi connectivity index (χ1n) is 6.44. The minimum absolute atomic E-state index is 0.130. The third-order valence-electron chi connectivity index (χ3n) is 3.27. The van der Waals surface area contributed by atoms with Crippen LogP contribution < -0.4 is 0 Å². The van der Waals surface area contributed by atoms with Gasteiger partial charge in [0.25, 0.3) is 0 Å². The molecule has 0 radical (unpaired) electrons. The van der Waals surface area contributed by atoms with Gasteiger partial charge in [0.1, 0.15) is 0 Å². The molecule has 110 valence electrons. The number of halogens is 2. The van der Waals surface area contributed by atoms with Crippen LogP contribution in [0.25, 0.3) is 0 Å². The first-order valence-corrected chi connectivity index (χ1v) is 7.19. The molecule has 6 heteroatoms. The number of ether oxygens (including phenoxy) is 2. The van der Waals surface area contributed by atoms with Gasteiger partial charge in [-0.2, -0.15) is 0 Å². The van der Waals surface area contributed by atoms with Gasteiger partial charge in [-0.3, -0.25) is 9.69 Å². The van der Waals surface area contributed by atoms with Gasteiger partial charge in [-0.25, -0.2) is 0 Å². The largest absolute Gasteiger partial charge is 0.469 e. The highest BCUT2D eigenvalue weighted by Crippen LogP contribution is 2.27. The van der Waals surface area contributed by atoms with Crippen molar-refractivity contribution in [1.29, 1.82) is 0 Å². The Bertz CT molecular complexity index is 481. The normalized spacial score (nSPS) is 19.9. The molecule has 0 aromatic heterocycles. The molecule has 1 heterocycles. The lowest BCUT2D eigenvalue weighted by Gasteiger charge is -2.32. The summed E-state index contributed by atoms with van der Waals surface area (Å²) in [6.07, 6.45) is 0.144. The molecule has 0 aliphatic carbocycles. The van der Waals surface area contributed by atoms with Crippen LogP contribution in [0.5, 0.6) is 0 Å². The Kier molecular flexibility index (Phi) is 5.66. The summed E-state index contributed by atoms with van der Waals surface area (Å²) >= 11 is 12.2. The first kappa shape index (κ1) is 15.6. The summed E-state index contributed by atoms with van der Waals surface area (Å²) in [4.78, 5) is 13.5. The van der Waals surface area contributed by atoms with Crippen LogP contribution in [0, 0.1) is 0 Å². The minimum Gasteiger partial charge on any atom is -0.469 e. The highest BCUT2D eigenvalue weighted by molar-refractivity contribution is 6.42. The number of carbonyl (C=O) groups is 1. The molecule has 20 heavy (non-hydrogen) atoms. The maximum Gasteiger partial charge on any atom is 0.308 e. The quantitative estimate of drug-likeness (QED) is 0.800. The lowest BCUT2D eigenvalue weighted by Crippen LogP contribution is -2.42. The summed E-state index contributed by atoms with van der Waals surface area (Å²) < 4.78 is 10.2. The van der Waals surface area contributed by atoms with Gasteiger partial charge < -0.3 is 9.47 Å². The van der Waals surface area contributed by atoms with Crippen molar-refractivity contribution in [3.05, 3.63) is 33.8 Å². The second-order valence-electron chi connectivity index (χ2n) is 4.72. The van der Waals surface area contributed by atoms with Crippen molar-refractivity contribution >= 4 is 29.2 Å². The molecule has 1 unspecified atom stereocenters. The molecule has 1 aromatic rings. The van der Waals surface area contributed by atoms with Crippen molar-refractivity contribution in [3.8, 4) is 0 Å². The maximum atomic E-state index is 11.3. The Labute approximate surface area is 128 Å². The van der Waals surface area contributed by atoms with Crippen LogP contribution >= 0.6 is 23.2 Å². The van der Waals surface area contributed by atoms with Crippen LogP contribution in [-0.4, -0.2) is 43.8 Å². The number of rotatable bonds is 4. The van der Waals surface area contributed by atoms with Crippen molar-refractivity contribution in [1.82, 2.24) is 4.90 Å². The molecular formula is C14H17Cl2NO3. The van der Waals surface area contributed by atoms with E-state index in [1.165, 1.54) is 7.11 Å². The molecule has 0 spiro atoms. The molecule has 0 amide bonds. The molecule has 1 atom stereocenters. The van der Waals surface area contributed by atoms with E-state index in [1.54, 1.807) is 6.07 Å². The molecule has 1 saturated heterocycles. The highest BCUT2D eigenvalue weighted by atomic mass is 35.5. The van der Waals surface area contributed by atoms with E-state index in [1.807, 2.05) is 12.1 Å². The van der Waals surface area contributed by atoms with Crippen LogP contribution in [-0.2, 0) is 20.8 Å². The highest BCUT2D eigenvalue weighted by Gasteiger charge is 2.23. The van der Waals surface area contributed by atoms with Crippen LogP contribution in [0.4, 0.5) is 0 Å². The van der Waals surface area contributed by atoms with E-state index in [0.29, 0.717) is 29.7 Å². The second-order valence-corrected chi connectivity index (χ2v) is 5.51. The van der Waals surface area contributed by atoms with Crippen molar-refractivity contribution < 1.29 is 14.3 Å². The van der Waals surface area contributed by atoms with Gasteiger partial charge in [-0.05, 0) is 11.6 Å². The molecule has 2 rings (SSSR count). The van der Waals surface area contributed by atoms with Gasteiger partial charge in [0.05, 0.1) is 36.3 Å². The van der Waals surface area contributed by atoms with Gasteiger partial charge in [-0.15, -0.1) is 0 Å². The molecule has 0 N–H and O–H groups in total. The molecule has 1 fully saturated rings. The summed E-state index contributed by atoms with van der Waals surface area (Å²) in [7, 11) is 1.38. The Morgan fingerprint density at radius 3 is 3.05 bits per heavy atom. The van der Waals surface area contributed by atoms with Gasteiger partial charge in [-0.1, -0.05) is 35.3 Å². The maximum absolute atomic E-state index is 11.3. The Morgan fingerprint density at radius 1 is 1.50 bits per heavy atom. The zero-order chi connectivity index (χ0) is 14.5. The summed E-state index contributed by atoms with van der Waals surface area (Å²) in [5.41, 5.74) is 0.984. The van der Waals surface area contributed by atoms with Crippen LogP contribution in [0.2, 0.25) is 10.0 Å². The fraction of sp³-hybridized carbons (Fsp3) is 0.500. The Morgan fingerprint density at radius 2 is 2.30 bits per heavy atom. The van der Waals surface area contributed by atoms with Gasteiger partial charge in [0, 0.05) is 19.6 Å². The summed E-state index contributed by atoms with van der Waals surface area (Å²) in [5, 5.41) is 1.15. The van der Waals surface area contributed by atoms with Crippen molar-refractivity contribution in [2.45, 2.75) is 19.1 Å². The number of nitrogens with zero attached hydrogens (tertiary/aromatic N) is 1. The number of esters is 1. The fourth-order valence-corrected chi connectivity index (χ4v) is 2.61. The third kappa shape index (κ3) is 4.09. The Hall–Kier alpha value is -0.810. The number of hydrogen-bond acceptors (Lipinski definition) is 4. The number of carbonyl (C=O) groups excluding carboxylic acids is 1. The van der Waals surface area contributed by atoms with E-state index in [-0.39, 0.29) is 18.5 Å². The van der Waals surface area contributed by atoms with Gasteiger partial charge in [0.2, 0.25) is 0 Å². The second kappa shape index (κ2) is 7.27. The van der Waals surface area contributed by atoms with E-state index >= 15 is 0 Å². The lowest BCUT2D eigenvalue weighted by atomic mass is 10.1. The average Bonchev–Trinajstić information content (AvgIpc) is 2.44. The fourth-order valence-electron chi connectivity index (χ4n) is 2.23. The minimum atomic E-state index is -0.252. The van der Waals surface area contributed by atoms with Gasteiger partial charge in [0.15, 0.2) is 0 Å². The first-order chi connectivity index (χ1) is 9.60. The summed E-state index contributed by atoms with van der Waals surface area (Å²) in [6, 6.07) is 5.61. The van der Waals surface area contributed by atoms with Crippen molar-refractivity contribution in [2.75, 3.05) is 26.8 Å². The average molecular weight is 318 g/mol. The standard InChI is InChI=1S/C14H17Cl2NO3/c1-19-13(18)7-11-9-17(5-6-20-11)8-10-3-2-4-12(15)14(10)16/h2-4,11H,5-9H2,1H3. The molecule has 1 aliphatic heterocycles. The topological polar surface area (TPSA) is 38.8 Å². The lowest BCUT2D eigenvalue weighted by molar-refractivity contribution is -0.145. The predicted molar refractivity (Wildman–Crippen MR) is 78.1 cm³/mol. The van der Waals surface area contributed by atoms with Crippen molar-refractivity contribution in [2.24, 2.45) is 0 Å². The Balaban J connectivity index is 1.96. The van der Waals surface area contributed by atoms with E-state index in [9.17, 15) is 4.79 Å². The smallest absolute Gasteiger partial charge is 0.308 e. The van der Waals surface area contributed by atoms with Crippen LogP contribution in [0.3, 0.4) is 0 Å². The van der Waals surface area contributed by atoms with Crippen LogP contribution in [0.1, 0.15) is 12.0 Å². The zero-order valence-electron chi connectivity index (χ0n) is 11.3. The molecular weight excluding hydrogens is 301 g/mol. The number of methoxy groups -OCH3 is 1. The molecule has 0 bridgehead atoms. The zero-order valence-corrected chi connectivity index (χ0v) is 12.8. The van der Waals surface area contributed by atoms with Crippen LogP contribution in [0.15, 0.2) is 18.2 Å². The SMILES string of the molecule is COC(=O)CC1CN(Cc2cccc(Cl)c2Cl)CCO1. The van der Waals surface area contributed by atoms with Gasteiger partial charge >= 0.3 is 5.97 Å². The number of hydrogen-bond donors (Lipinski definition) is 0. The predicted octanol–water partition coefficient (Wildman–Crippen LogP) is 2.76. The van der Waals surface area contributed by atoms with Crippen molar-refractivity contribution in [3.63, 3.8) is 0 Å². The molecule has 1 aromatic carbocycles. The monoisotopic (exact) mass is 317 g/mol. The van der Waals surface area contributed by atoms with E-state index in [0.717, 1.165) is 12.1 Å². The summed E-state index contributed by atoms with van der Waals surface area (Å²) in [6.45, 7) is 2.78. The van der Waals surface area contributed by atoms with E-state index < -0.39 is 0 Å². The molecule has 1 aliphatic rings. The molecule has 0 saturated carbocycles.